The lowest BCUT2D eigenvalue weighted by atomic mass is 9.77. The van der Waals surface area contributed by atoms with Crippen LogP contribution >= 0.6 is 0 Å². The predicted octanol–water partition coefficient (Wildman–Crippen LogP) is 4.30. The monoisotopic (exact) mass is 315 g/mol. The fourth-order valence-corrected chi connectivity index (χ4v) is 3.91. The Bertz CT molecular complexity index is 851. The normalized spacial score (nSPS) is 20.8. The highest BCUT2D eigenvalue weighted by atomic mass is 16.1. The molecule has 0 spiro atoms. The number of rotatable bonds is 3. The smallest absolute Gasteiger partial charge is 0.224 e. The molecule has 24 heavy (non-hydrogen) atoms. The Hall–Kier alpha value is -2.61. The van der Waals surface area contributed by atoms with Crippen molar-refractivity contribution in [3.05, 3.63) is 83.9 Å². The average Bonchev–Trinajstić information content (AvgIpc) is 2.64. The lowest BCUT2D eigenvalue weighted by molar-refractivity contribution is -0.127. The van der Waals surface area contributed by atoms with Gasteiger partial charge in [-0.2, -0.15) is 0 Å². The van der Waals surface area contributed by atoms with Crippen molar-refractivity contribution in [1.82, 2.24) is 5.32 Å². The summed E-state index contributed by atoms with van der Waals surface area (Å²) in [5.74, 6) is 0.467. The zero-order valence-corrected chi connectivity index (χ0v) is 13.6. The summed E-state index contributed by atoms with van der Waals surface area (Å²) in [4.78, 5) is 12.6. The summed E-state index contributed by atoms with van der Waals surface area (Å²) in [6.45, 7) is 0.768. The van der Waals surface area contributed by atoms with Gasteiger partial charge in [-0.25, -0.2) is 0 Å². The maximum Gasteiger partial charge on any atom is 0.224 e. The van der Waals surface area contributed by atoms with Crippen LogP contribution in [0.4, 0.5) is 0 Å². The molecule has 1 aliphatic heterocycles. The second-order valence-corrected chi connectivity index (χ2v) is 6.55. The lowest BCUT2D eigenvalue weighted by Gasteiger charge is -2.32. The fraction of sp³-hybridized carbons (Fsp3) is 0.227. The molecule has 120 valence electrons. The van der Waals surface area contributed by atoms with Gasteiger partial charge >= 0.3 is 0 Å². The van der Waals surface area contributed by atoms with Crippen LogP contribution in [0.25, 0.3) is 10.8 Å². The third-order valence-corrected chi connectivity index (χ3v) is 5.12. The molecule has 2 atom stereocenters. The molecule has 2 nitrogen and oxygen atoms in total. The molecule has 1 aliphatic rings. The summed E-state index contributed by atoms with van der Waals surface area (Å²) in [5, 5.41) is 5.55. The van der Waals surface area contributed by atoms with Crippen LogP contribution in [0.15, 0.2) is 72.8 Å². The molecular formula is C22H21NO. The fourth-order valence-electron chi connectivity index (χ4n) is 3.91. The zero-order chi connectivity index (χ0) is 16.4. The Balaban J connectivity index is 1.71. The summed E-state index contributed by atoms with van der Waals surface area (Å²) in [6, 6.07) is 25.3. The molecule has 2 unspecified atom stereocenters. The van der Waals surface area contributed by atoms with Gasteiger partial charge in [-0.3, -0.25) is 4.79 Å². The molecule has 0 aliphatic carbocycles. The quantitative estimate of drug-likeness (QED) is 0.767. The third-order valence-electron chi connectivity index (χ3n) is 5.12. The number of hydrogen-bond acceptors (Lipinski definition) is 1. The van der Waals surface area contributed by atoms with E-state index in [1.165, 1.54) is 21.9 Å². The number of fused-ring (bicyclic) bond motifs is 1. The van der Waals surface area contributed by atoms with Crippen LogP contribution in [-0.2, 0) is 11.2 Å². The van der Waals surface area contributed by atoms with E-state index in [1.807, 2.05) is 6.07 Å². The Labute approximate surface area is 142 Å². The summed E-state index contributed by atoms with van der Waals surface area (Å²) < 4.78 is 0. The van der Waals surface area contributed by atoms with Gasteiger partial charge in [-0.15, -0.1) is 0 Å². The van der Waals surface area contributed by atoms with Gasteiger partial charge in [0.05, 0.1) is 0 Å². The second-order valence-electron chi connectivity index (χ2n) is 6.55. The third kappa shape index (κ3) is 2.80. The Kier molecular flexibility index (Phi) is 4.04. The van der Waals surface area contributed by atoms with Crippen LogP contribution in [0.3, 0.4) is 0 Å². The summed E-state index contributed by atoms with van der Waals surface area (Å²) in [7, 11) is 0. The maximum atomic E-state index is 12.6. The number of piperidine rings is 1. The lowest BCUT2D eigenvalue weighted by Crippen LogP contribution is -2.42. The molecule has 1 heterocycles. The molecule has 0 saturated carbocycles. The van der Waals surface area contributed by atoms with E-state index in [9.17, 15) is 4.79 Å². The van der Waals surface area contributed by atoms with Crippen molar-refractivity contribution >= 4 is 16.7 Å². The molecule has 0 bridgehead atoms. The Morgan fingerprint density at radius 3 is 2.50 bits per heavy atom. The van der Waals surface area contributed by atoms with Gasteiger partial charge < -0.3 is 5.32 Å². The Morgan fingerprint density at radius 2 is 1.62 bits per heavy atom. The van der Waals surface area contributed by atoms with Crippen LogP contribution in [0.2, 0.25) is 0 Å². The van der Waals surface area contributed by atoms with Crippen LogP contribution < -0.4 is 5.32 Å². The highest BCUT2D eigenvalue weighted by molar-refractivity contribution is 5.87. The number of amides is 1. The number of carbonyl (C=O) groups excluding carboxylic acids is 1. The molecule has 1 amide bonds. The number of benzene rings is 3. The molecule has 0 radical (unpaired) electrons. The highest BCUT2D eigenvalue weighted by Gasteiger charge is 2.33. The van der Waals surface area contributed by atoms with Crippen molar-refractivity contribution in [2.75, 3.05) is 6.54 Å². The van der Waals surface area contributed by atoms with E-state index in [0.717, 1.165) is 19.4 Å². The SMILES string of the molecule is O=C1NCCC(c2ccccc2)C1Cc1cccc2ccccc12. The average molecular weight is 315 g/mol. The van der Waals surface area contributed by atoms with Crippen LogP contribution in [0, 0.1) is 5.92 Å². The molecule has 2 heteroatoms. The largest absolute Gasteiger partial charge is 0.356 e. The van der Waals surface area contributed by atoms with Crippen molar-refractivity contribution in [3.8, 4) is 0 Å². The number of carbonyl (C=O) groups is 1. The first-order valence-electron chi connectivity index (χ1n) is 8.62. The van der Waals surface area contributed by atoms with E-state index in [1.54, 1.807) is 0 Å². The predicted molar refractivity (Wildman–Crippen MR) is 98.0 cm³/mol. The van der Waals surface area contributed by atoms with Crippen LogP contribution in [-0.4, -0.2) is 12.5 Å². The molecule has 3 aromatic carbocycles. The van der Waals surface area contributed by atoms with Gasteiger partial charge in [0.1, 0.15) is 0 Å². The van der Waals surface area contributed by atoms with Gasteiger partial charge in [0.25, 0.3) is 0 Å². The first kappa shape index (κ1) is 14.9. The standard InChI is InChI=1S/C22H21NO/c24-22-21(20(13-14-23-22)17-7-2-1-3-8-17)15-18-11-6-10-16-9-4-5-12-19(16)18/h1-12,20-21H,13-15H2,(H,23,24). The number of hydrogen-bond donors (Lipinski definition) is 1. The molecule has 1 saturated heterocycles. The first-order chi connectivity index (χ1) is 11.8. The van der Waals surface area contributed by atoms with E-state index in [2.05, 4.69) is 72.0 Å². The highest BCUT2D eigenvalue weighted by Crippen LogP contribution is 2.34. The van der Waals surface area contributed by atoms with Crippen molar-refractivity contribution in [3.63, 3.8) is 0 Å². The molecule has 4 rings (SSSR count). The van der Waals surface area contributed by atoms with E-state index < -0.39 is 0 Å². The summed E-state index contributed by atoms with van der Waals surface area (Å²) >= 11 is 0. The minimum absolute atomic E-state index is 0.00745. The van der Waals surface area contributed by atoms with Crippen molar-refractivity contribution < 1.29 is 4.79 Å². The molecule has 1 fully saturated rings. The second kappa shape index (κ2) is 6.48. The first-order valence-corrected chi connectivity index (χ1v) is 8.62. The van der Waals surface area contributed by atoms with Crippen molar-refractivity contribution in [1.29, 1.82) is 0 Å². The Morgan fingerprint density at radius 1 is 0.875 bits per heavy atom. The van der Waals surface area contributed by atoms with Crippen LogP contribution in [0.5, 0.6) is 0 Å². The van der Waals surface area contributed by atoms with Gasteiger partial charge in [-0.1, -0.05) is 72.8 Å². The van der Waals surface area contributed by atoms with Gasteiger partial charge in [-0.05, 0) is 40.7 Å². The van der Waals surface area contributed by atoms with E-state index in [-0.39, 0.29) is 11.8 Å². The van der Waals surface area contributed by atoms with E-state index >= 15 is 0 Å². The van der Waals surface area contributed by atoms with E-state index in [0.29, 0.717) is 5.92 Å². The van der Waals surface area contributed by atoms with Crippen LogP contribution in [0.1, 0.15) is 23.5 Å². The van der Waals surface area contributed by atoms with E-state index in [4.69, 9.17) is 0 Å². The summed E-state index contributed by atoms with van der Waals surface area (Å²) in [5.41, 5.74) is 2.54. The van der Waals surface area contributed by atoms with Crippen molar-refractivity contribution in [2.45, 2.75) is 18.8 Å². The topological polar surface area (TPSA) is 29.1 Å². The minimum atomic E-state index is -0.00745. The summed E-state index contributed by atoms with van der Waals surface area (Å²) in [6.07, 6.45) is 1.79. The molecule has 1 N–H and O–H groups in total. The molecule has 3 aromatic rings. The molecule has 0 aromatic heterocycles. The van der Waals surface area contributed by atoms with Crippen molar-refractivity contribution in [2.24, 2.45) is 5.92 Å². The minimum Gasteiger partial charge on any atom is -0.356 e. The van der Waals surface area contributed by atoms with Gasteiger partial charge in [0.15, 0.2) is 0 Å². The maximum absolute atomic E-state index is 12.6. The number of nitrogens with one attached hydrogen (secondary N) is 1. The van der Waals surface area contributed by atoms with Gasteiger partial charge in [0.2, 0.25) is 5.91 Å². The molecular weight excluding hydrogens is 294 g/mol. The zero-order valence-electron chi connectivity index (χ0n) is 13.6. The van der Waals surface area contributed by atoms with Gasteiger partial charge in [0, 0.05) is 12.5 Å².